The number of pyridine rings is 1. The number of rotatable bonds is 3. The van der Waals surface area contributed by atoms with Crippen LogP contribution in [0.25, 0.3) is 22.4 Å². The van der Waals surface area contributed by atoms with E-state index in [4.69, 9.17) is 4.42 Å². The van der Waals surface area contributed by atoms with Gasteiger partial charge in [0.15, 0.2) is 5.58 Å². The summed E-state index contributed by atoms with van der Waals surface area (Å²) >= 11 is 0. The molecule has 1 amide bonds. The van der Waals surface area contributed by atoms with E-state index in [9.17, 15) is 9.59 Å². The number of carbonyl (C=O) groups excluding carboxylic acids is 1. The number of amides is 1. The molecule has 0 fully saturated rings. The summed E-state index contributed by atoms with van der Waals surface area (Å²) < 4.78 is 6.60. The first-order valence-corrected chi connectivity index (χ1v) is 8.05. The van der Waals surface area contributed by atoms with Gasteiger partial charge in [-0.1, -0.05) is 36.4 Å². The molecule has 2 aromatic carbocycles. The lowest BCUT2D eigenvalue weighted by Gasteiger charge is -2.10. The summed E-state index contributed by atoms with van der Waals surface area (Å²) in [5.74, 6) is -0.873. The SMILES string of the molecule is Cn1c(=O)oc2c(C(=O)Nc3cccnc3-c3ccccc3)cccc21. The lowest BCUT2D eigenvalue weighted by molar-refractivity contribution is 0.102. The number of aryl methyl sites for hydroxylation is 1. The summed E-state index contributed by atoms with van der Waals surface area (Å²) in [4.78, 5) is 29.0. The van der Waals surface area contributed by atoms with E-state index in [0.29, 0.717) is 22.5 Å². The minimum Gasteiger partial charge on any atom is -0.407 e. The molecule has 2 aromatic heterocycles. The average Bonchev–Trinajstić information content (AvgIpc) is 2.97. The van der Waals surface area contributed by atoms with Crippen LogP contribution in [0.5, 0.6) is 0 Å². The Morgan fingerprint density at radius 3 is 2.65 bits per heavy atom. The van der Waals surface area contributed by atoms with E-state index in [-0.39, 0.29) is 11.5 Å². The van der Waals surface area contributed by atoms with Crippen LogP contribution in [0.15, 0.2) is 76.1 Å². The monoisotopic (exact) mass is 345 g/mol. The maximum Gasteiger partial charge on any atom is 0.419 e. The van der Waals surface area contributed by atoms with Gasteiger partial charge in [-0.25, -0.2) is 4.79 Å². The van der Waals surface area contributed by atoms with E-state index in [2.05, 4.69) is 10.3 Å². The van der Waals surface area contributed by atoms with Gasteiger partial charge >= 0.3 is 5.76 Å². The summed E-state index contributed by atoms with van der Waals surface area (Å²) in [5.41, 5.74) is 3.28. The van der Waals surface area contributed by atoms with Crippen molar-refractivity contribution in [2.75, 3.05) is 5.32 Å². The first-order chi connectivity index (χ1) is 12.6. The third-order valence-corrected chi connectivity index (χ3v) is 4.17. The maximum atomic E-state index is 12.8. The highest BCUT2D eigenvalue weighted by Gasteiger charge is 2.17. The summed E-state index contributed by atoms with van der Waals surface area (Å²) in [5, 5.41) is 2.87. The molecular formula is C20H15N3O3. The number of carbonyl (C=O) groups is 1. The predicted molar refractivity (Wildman–Crippen MR) is 99.1 cm³/mol. The van der Waals surface area contributed by atoms with Crippen molar-refractivity contribution in [3.05, 3.63) is 83.0 Å². The lowest BCUT2D eigenvalue weighted by Crippen LogP contribution is -2.13. The van der Waals surface area contributed by atoms with Crippen LogP contribution >= 0.6 is 0 Å². The van der Waals surface area contributed by atoms with Crippen LogP contribution in [0.2, 0.25) is 0 Å². The molecule has 0 radical (unpaired) electrons. The highest BCUT2D eigenvalue weighted by molar-refractivity contribution is 6.12. The second-order valence-corrected chi connectivity index (χ2v) is 5.80. The Bertz CT molecular complexity index is 1160. The number of hydrogen-bond donors (Lipinski definition) is 1. The normalized spacial score (nSPS) is 10.8. The number of para-hydroxylation sites is 1. The summed E-state index contributed by atoms with van der Waals surface area (Å²) in [6, 6.07) is 18.2. The molecule has 26 heavy (non-hydrogen) atoms. The van der Waals surface area contributed by atoms with Crippen LogP contribution in [-0.2, 0) is 7.05 Å². The maximum absolute atomic E-state index is 12.8. The first kappa shape index (κ1) is 15.8. The van der Waals surface area contributed by atoms with Crippen molar-refractivity contribution in [2.45, 2.75) is 0 Å². The van der Waals surface area contributed by atoms with Crippen LogP contribution < -0.4 is 11.1 Å². The minimum atomic E-state index is -0.508. The Balaban J connectivity index is 1.75. The molecule has 0 bridgehead atoms. The van der Waals surface area contributed by atoms with Crippen LogP contribution in [0.4, 0.5) is 5.69 Å². The smallest absolute Gasteiger partial charge is 0.407 e. The fourth-order valence-electron chi connectivity index (χ4n) is 2.85. The van der Waals surface area contributed by atoms with Crippen LogP contribution in [0, 0.1) is 0 Å². The first-order valence-electron chi connectivity index (χ1n) is 8.05. The number of aromatic nitrogens is 2. The standard InChI is InChI=1S/C20H15N3O3/c1-23-16-11-5-9-14(18(16)26-20(23)25)19(24)22-15-10-6-12-21-17(15)13-7-3-2-4-8-13/h2-12H,1H3,(H,22,24). The van der Waals surface area contributed by atoms with Gasteiger partial charge < -0.3 is 9.73 Å². The van der Waals surface area contributed by atoms with Gasteiger partial charge in [-0.3, -0.25) is 14.3 Å². The van der Waals surface area contributed by atoms with Crippen molar-refractivity contribution < 1.29 is 9.21 Å². The Hall–Kier alpha value is -3.67. The molecule has 0 aliphatic heterocycles. The zero-order valence-corrected chi connectivity index (χ0v) is 14.0. The Morgan fingerprint density at radius 2 is 1.85 bits per heavy atom. The highest BCUT2D eigenvalue weighted by atomic mass is 16.4. The van der Waals surface area contributed by atoms with Gasteiger partial charge in [-0.05, 0) is 24.3 Å². The topological polar surface area (TPSA) is 77.1 Å². The zero-order chi connectivity index (χ0) is 18.1. The van der Waals surface area contributed by atoms with Gasteiger partial charge in [0.1, 0.15) is 0 Å². The van der Waals surface area contributed by atoms with Crippen LogP contribution in [-0.4, -0.2) is 15.5 Å². The quantitative estimate of drug-likeness (QED) is 0.617. The van der Waals surface area contributed by atoms with Gasteiger partial charge in [-0.15, -0.1) is 0 Å². The second kappa shape index (κ2) is 6.33. The van der Waals surface area contributed by atoms with Gasteiger partial charge in [0, 0.05) is 18.8 Å². The molecule has 0 saturated carbocycles. The fourth-order valence-corrected chi connectivity index (χ4v) is 2.85. The molecular weight excluding hydrogens is 330 g/mol. The molecule has 0 aliphatic rings. The van der Waals surface area contributed by atoms with Gasteiger partial charge in [0.25, 0.3) is 5.91 Å². The Kier molecular flexibility index (Phi) is 3.85. The van der Waals surface area contributed by atoms with Crippen molar-refractivity contribution >= 4 is 22.7 Å². The Morgan fingerprint density at radius 1 is 1.04 bits per heavy atom. The molecule has 1 N–H and O–H groups in total. The number of anilines is 1. The van der Waals surface area contributed by atoms with E-state index in [1.807, 2.05) is 30.3 Å². The molecule has 0 spiro atoms. The molecule has 0 saturated heterocycles. The molecule has 6 nitrogen and oxygen atoms in total. The second-order valence-electron chi connectivity index (χ2n) is 5.80. The number of benzene rings is 2. The number of hydrogen-bond acceptors (Lipinski definition) is 4. The van der Waals surface area contributed by atoms with Gasteiger partial charge in [0.05, 0.1) is 22.5 Å². The van der Waals surface area contributed by atoms with E-state index in [1.54, 1.807) is 43.6 Å². The molecule has 0 atom stereocenters. The summed E-state index contributed by atoms with van der Waals surface area (Å²) in [7, 11) is 1.60. The summed E-state index contributed by atoms with van der Waals surface area (Å²) in [6.45, 7) is 0. The van der Waals surface area contributed by atoms with Crippen molar-refractivity contribution in [2.24, 2.45) is 7.05 Å². The predicted octanol–water partition coefficient (Wildman–Crippen LogP) is 3.45. The summed E-state index contributed by atoms with van der Waals surface area (Å²) in [6.07, 6.45) is 1.68. The van der Waals surface area contributed by atoms with Crippen molar-refractivity contribution in [3.8, 4) is 11.3 Å². The largest absolute Gasteiger partial charge is 0.419 e. The molecule has 0 unspecified atom stereocenters. The number of fused-ring (bicyclic) bond motifs is 1. The highest BCUT2D eigenvalue weighted by Crippen LogP contribution is 2.26. The van der Waals surface area contributed by atoms with E-state index >= 15 is 0 Å². The molecule has 6 heteroatoms. The average molecular weight is 345 g/mol. The minimum absolute atomic E-state index is 0.266. The Labute approximate surface area is 148 Å². The van der Waals surface area contributed by atoms with Crippen molar-refractivity contribution in [3.63, 3.8) is 0 Å². The van der Waals surface area contributed by atoms with Crippen molar-refractivity contribution in [1.82, 2.24) is 9.55 Å². The third-order valence-electron chi connectivity index (χ3n) is 4.17. The molecule has 2 heterocycles. The number of nitrogens with zero attached hydrogens (tertiary/aromatic N) is 2. The van der Waals surface area contributed by atoms with Crippen LogP contribution in [0.3, 0.4) is 0 Å². The molecule has 128 valence electrons. The lowest BCUT2D eigenvalue weighted by atomic mass is 10.1. The molecule has 4 rings (SSSR count). The molecule has 4 aromatic rings. The van der Waals surface area contributed by atoms with Gasteiger partial charge in [-0.2, -0.15) is 0 Å². The fraction of sp³-hybridized carbons (Fsp3) is 0.0500. The zero-order valence-electron chi connectivity index (χ0n) is 14.0. The van der Waals surface area contributed by atoms with Crippen LogP contribution in [0.1, 0.15) is 10.4 Å². The van der Waals surface area contributed by atoms with E-state index in [0.717, 1.165) is 5.56 Å². The number of oxazole rings is 1. The van der Waals surface area contributed by atoms with E-state index < -0.39 is 5.76 Å². The third kappa shape index (κ3) is 2.67. The number of nitrogens with one attached hydrogen (secondary N) is 1. The van der Waals surface area contributed by atoms with Gasteiger partial charge in [0.2, 0.25) is 0 Å². The molecule has 0 aliphatic carbocycles. The van der Waals surface area contributed by atoms with Crippen molar-refractivity contribution in [1.29, 1.82) is 0 Å². The van der Waals surface area contributed by atoms with E-state index in [1.165, 1.54) is 4.57 Å².